The molecule has 0 radical (unpaired) electrons. The van der Waals surface area contributed by atoms with Crippen LogP contribution in [-0.4, -0.2) is 54.2 Å². The van der Waals surface area contributed by atoms with Crippen LogP contribution >= 0.6 is 0 Å². The molecule has 3 heterocycles. The van der Waals surface area contributed by atoms with E-state index in [-0.39, 0.29) is 24.1 Å². The topological polar surface area (TPSA) is 98.8 Å². The van der Waals surface area contributed by atoms with Crippen molar-refractivity contribution in [3.63, 3.8) is 0 Å². The minimum absolute atomic E-state index is 0.0393. The number of nitrogens with one attached hydrogen (secondary N) is 2. The van der Waals surface area contributed by atoms with Gasteiger partial charge in [0.05, 0.1) is 5.69 Å². The Hall–Kier alpha value is -3.26. The summed E-state index contributed by atoms with van der Waals surface area (Å²) in [6.45, 7) is 3.95. The van der Waals surface area contributed by atoms with Crippen LogP contribution in [0.25, 0.3) is 10.8 Å². The quantitative estimate of drug-likeness (QED) is 0.415. The van der Waals surface area contributed by atoms with Gasteiger partial charge in [0.2, 0.25) is 17.7 Å². The lowest BCUT2D eigenvalue weighted by Crippen LogP contribution is -2.53. The van der Waals surface area contributed by atoms with E-state index in [0.29, 0.717) is 30.6 Å². The highest BCUT2D eigenvalue weighted by molar-refractivity contribution is 6.27. The molecule has 0 aromatic heterocycles. The average molecular weight is 491 g/mol. The average Bonchev–Trinajstić information content (AvgIpc) is 3.17. The molecule has 2 aromatic carbocycles. The molecule has 2 N–H and O–H groups in total. The van der Waals surface area contributed by atoms with Gasteiger partial charge >= 0.3 is 0 Å². The van der Waals surface area contributed by atoms with E-state index in [1.54, 1.807) is 6.07 Å². The van der Waals surface area contributed by atoms with E-state index < -0.39 is 11.9 Å². The minimum atomic E-state index is -0.703. The Balaban J connectivity index is 1.19. The van der Waals surface area contributed by atoms with Crippen molar-refractivity contribution < 1.29 is 19.2 Å². The van der Waals surface area contributed by atoms with Crippen molar-refractivity contribution in [3.05, 3.63) is 41.5 Å². The first-order valence-electron chi connectivity index (χ1n) is 13.2. The standard InChI is InChI=1S/C28H34N4O4/c33-24(10-3-1-4-15-31-16-5-2-6-17-31)29-18-19-11-12-22-26-20(19)8-7-9-21(26)28(36)32(22)23-13-14-25(34)30-27(23)35/h7-9,11-12,23H,1-6,10,13-18H2,(H,29,33)(H,30,34,35). The number of unbranched alkanes of at least 4 members (excludes halogenated alkanes) is 2. The highest BCUT2D eigenvalue weighted by atomic mass is 16.2. The van der Waals surface area contributed by atoms with Crippen molar-refractivity contribution in [2.24, 2.45) is 0 Å². The van der Waals surface area contributed by atoms with Crippen molar-refractivity contribution in [1.29, 1.82) is 0 Å². The lowest BCUT2D eigenvalue weighted by molar-refractivity contribution is -0.134. The Labute approximate surface area is 211 Å². The van der Waals surface area contributed by atoms with Crippen LogP contribution in [0.4, 0.5) is 5.69 Å². The van der Waals surface area contributed by atoms with Gasteiger partial charge in [-0.1, -0.05) is 31.0 Å². The third kappa shape index (κ3) is 5.00. The molecule has 190 valence electrons. The fourth-order valence-corrected chi connectivity index (χ4v) is 5.72. The zero-order chi connectivity index (χ0) is 25.1. The molecule has 0 saturated carbocycles. The first kappa shape index (κ1) is 24.4. The Morgan fingerprint density at radius 2 is 1.83 bits per heavy atom. The van der Waals surface area contributed by atoms with Gasteiger partial charge in [-0.3, -0.25) is 29.4 Å². The van der Waals surface area contributed by atoms with Gasteiger partial charge in [-0.15, -0.1) is 0 Å². The number of carbonyl (C=O) groups is 4. The molecular weight excluding hydrogens is 456 g/mol. The van der Waals surface area contributed by atoms with E-state index in [9.17, 15) is 19.2 Å². The molecule has 2 saturated heterocycles. The molecule has 0 bridgehead atoms. The number of anilines is 1. The van der Waals surface area contributed by atoms with Gasteiger partial charge in [0.1, 0.15) is 6.04 Å². The van der Waals surface area contributed by atoms with Crippen LogP contribution < -0.4 is 15.5 Å². The number of piperidine rings is 2. The summed E-state index contributed by atoms with van der Waals surface area (Å²) in [5.74, 6) is -0.931. The molecule has 8 heteroatoms. The van der Waals surface area contributed by atoms with Crippen LogP contribution in [0.5, 0.6) is 0 Å². The van der Waals surface area contributed by atoms with Gasteiger partial charge in [-0.05, 0) is 74.8 Å². The third-order valence-corrected chi connectivity index (χ3v) is 7.64. The molecule has 2 fully saturated rings. The van der Waals surface area contributed by atoms with Crippen LogP contribution in [0.3, 0.4) is 0 Å². The maximum atomic E-state index is 13.2. The van der Waals surface area contributed by atoms with Crippen molar-refractivity contribution in [2.75, 3.05) is 24.5 Å². The number of imide groups is 1. The number of amides is 4. The largest absolute Gasteiger partial charge is 0.352 e. The van der Waals surface area contributed by atoms with E-state index in [2.05, 4.69) is 15.5 Å². The maximum Gasteiger partial charge on any atom is 0.259 e. The van der Waals surface area contributed by atoms with E-state index in [4.69, 9.17) is 0 Å². The monoisotopic (exact) mass is 490 g/mol. The Morgan fingerprint density at radius 1 is 1.00 bits per heavy atom. The maximum absolute atomic E-state index is 13.2. The highest BCUT2D eigenvalue weighted by Crippen LogP contribution is 2.41. The molecule has 3 aliphatic heterocycles. The zero-order valence-corrected chi connectivity index (χ0v) is 20.7. The van der Waals surface area contributed by atoms with Crippen molar-refractivity contribution in [1.82, 2.24) is 15.5 Å². The summed E-state index contributed by atoms with van der Waals surface area (Å²) in [6, 6.07) is 8.62. The Bertz CT molecular complexity index is 1190. The summed E-state index contributed by atoms with van der Waals surface area (Å²) < 4.78 is 0. The van der Waals surface area contributed by atoms with E-state index in [0.717, 1.165) is 42.1 Å². The lowest BCUT2D eigenvalue weighted by Gasteiger charge is -2.30. The molecule has 2 aromatic rings. The van der Waals surface area contributed by atoms with Gasteiger partial charge in [0.15, 0.2) is 0 Å². The zero-order valence-electron chi connectivity index (χ0n) is 20.7. The van der Waals surface area contributed by atoms with Crippen LogP contribution in [0.15, 0.2) is 30.3 Å². The van der Waals surface area contributed by atoms with Crippen molar-refractivity contribution >= 4 is 40.1 Å². The summed E-state index contributed by atoms with van der Waals surface area (Å²) >= 11 is 0. The number of hydrogen-bond donors (Lipinski definition) is 2. The predicted octanol–water partition coefficient (Wildman–Crippen LogP) is 3.27. The lowest BCUT2D eigenvalue weighted by atomic mass is 10.00. The summed E-state index contributed by atoms with van der Waals surface area (Å²) in [5, 5.41) is 7.09. The second-order valence-corrected chi connectivity index (χ2v) is 10.1. The molecule has 1 unspecified atom stereocenters. The van der Waals surface area contributed by atoms with Crippen LogP contribution in [0.1, 0.15) is 73.7 Å². The highest BCUT2D eigenvalue weighted by Gasteiger charge is 2.40. The fourth-order valence-electron chi connectivity index (χ4n) is 5.72. The van der Waals surface area contributed by atoms with E-state index in [1.807, 2.05) is 24.3 Å². The molecule has 8 nitrogen and oxygen atoms in total. The van der Waals surface area contributed by atoms with Gasteiger partial charge in [-0.2, -0.15) is 0 Å². The number of rotatable bonds is 9. The molecule has 0 spiro atoms. The number of nitrogens with zero attached hydrogens (tertiary/aromatic N) is 2. The number of likely N-dealkylation sites (tertiary alicyclic amines) is 1. The molecule has 4 amide bonds. The first-order valence-corrected chi connectivity index (χ1v) is 13.2. The summed E-state index contributed by atoms with van der Waals surface area (Å²) in [5.41, 5.74) is 2.17. The number of hydrogen-bond acceptors (Lipinski definition) is 5. The van der Waals surface area contributed by atoms with Crippen LogP contribution in [-0.2, 0) is 20.9 Å². The second kappa shape index (κ2) is 10.8. The summed E-state index contributed by atoms with van der Waals surface area (Å²) in [7, 11) is 0. The molecule has 5 rings (SSSR count). The first-order chi connectivity index (χ1) is 17.5. The predicted molar refractivity (Wildman–Crippen MR) is 138 cm³/mol. The van der Waals surface area contributed by atoms with Crippen LogP contribution in [0, 0.1) is 0 Å². The van der Waals surface area contributed by atoms with Crippen LogP contribution in [0.2, 0.25) is 0 Å². The van der Waals surface area contributed by atoms with Gasteiger partial charge in [0, 0.05) is 30.3 Å². The normalized spacial score (nSPS) is 20.2. The smallest absolute Gasteiger partial charge is 0.259 e. The van der Waals surface area contributed by atoms with Gasteiger partial charge < -0.3 is 10.2 Å². The minimum Gasteiger partial charge on any atom is -0.352 e. The second-order valence-electron chi connectivity index (χ2n) is 10.1. The van der Waals surface area contributed by atoms with E-state index >= 15 is 0 Å². The number of benzene rings is 2. The molecule has 1 atom stereocenters. The molecule has 3 aliphatic rings. The SMILES string of the molecule is O=C(CCCCCN1CCCCC1)NCc1ccc2c3c(cccc13)C(=O)N2C1CCC(=O)NC1=O. The molecule has 36 heavy (non-hydrogen) atoms. The van der Waals surface area contributed by atoms with Crippen molar-refractivity contribution in [2.45, 2.75) is 70.4 Å². The van der Waals surface area contributed by atoms with E-state index in [1.165, 1.54) is 37.3 Å². The fraction of sp³-hybridized carbons (Fsp3) is 0.500. The Morgan fingerprint density at radius 3 is 2.64 bits per heavy atom. The van der Waals surface area contributed by atoms with Gasteiger partial charge in [0.25, 0.3) is 5.91 Å². The third-order valence-electron chi connectivity index (χ3n) is 7.64. The summed E-state index contributed by atoms with van der Waals surface area (Å²) in [4.78, 5) is 53.8. The van der Waals surface area contributed by atoms with Gasteiger partial charge in [-0.25, -0.2) is 0 Å². The molecular formula is C28H34N4O4. The summed E-state index contributed by atoms with van der Waals surface area (Å²) in [6.07, 6.45) is 8.09. The number of carbonyl (C=O) groups excluding carboxylic acids is 4. The molecule has 0 aliphatic carbocycles. The van der Waals surface area contributed by atoms with Crippen molar-refractivity contribution in [3.8, 4) is 0 Å². The Kier molecular flexibility index (Phi) is 7.32.